The third-order valence-electron chi connectivity index (χ3n) is 4.42. The van der Waals surface area contributed by atoms with Crippen molar-refractivity contribution in [3.63, 3.8) is 0 Å². The highest BCUT2D eigenvalue weighted by Crippen LogP contribution is 2.39. The van der Waals surface area contributed by atoms with Crippen LogP contribution in [0.25, 0.3) is 5.69 Å². The summed E-state index contributed by atoms with van der Waals surface area (Å²) >= 11 is 1.50. The number of carbonyl (C=O) groups excluding carboxylic acids is 1. The van der Waals surface area contributed by atoms with Gasteiger partial charge in [0.1, 0.15) is 5.69 Å². The smallest absolute Gasteiger partial charge is 0.248 e. The summed E-state index contributed by atoms with van der Waals surface area (Å²) in [7, 11) is -3.93. The van der Waals surface area contributed by atoms with Gasteiger partial charge in [-0.05, 0) is 24.1 Å². The molecule has 1 unspecified atom stereocenters. The third-order valence-corrected chi connectivity index (χ3v) is 7.15. The van der Waals surface area contributed by atoms with Crippen molar-refractivity contribution in [2.75, 3.05) is 10.5 Å². The van der Waals surface area contributed by atoms with E-state index < -0.39 is 21.1 Å². The van der Waals surface area contributed by atoms with E-state index in [1.54, 1.807) is 34.9 Å². The van der Waals surface area contributed by atoms with Gasteiger partial charge >= 0.3 is 0 Å². The van der Waals surface area contributed by atoms with Crippen LogP contribution < -0.4 is 4.72 Å². The normalized spacial score (nSPS) is 17.8. The van der Waals surface area contributed by atoms with Crippen LogP contribution in [0.2, 0.25) is 0 Å². The van der Waals surface area contributed by atoms with E-state index in [9.17, 15) is 13.2 Å². The highest BCUT2D eigenvalue weighted by molar-refractivity contribution is 7.99. The Hall–Kier alpha value is -2.58. The van der Waals surface area contributed by atoms with E-state index in [0.717, 1.165) is 17.9 Å². The van der Waals surface area contributed by atoms with Gasteiger partial charge in [-0.3, -0.25) is 14.1 Å². The number of sulfonamides is 1. The molecule has 2 aromatic carbocycles. The number of hydrogen-bond acceptors (Lipinski definition) is 5. The summed E-state index contributed by atoms with van der Waals surface area (Å²) in [5, 5.41) is -0.702. The Morgan fingerprint density at radius 2 is 1.71 bits per heavy atom. The molecule has 144 valence electrons. The molecule has 3 aromatic rings. The molecular formula is C20H19N3O3S2. The van der Waals surface area contributed by atoms with Crippen LogP contribution in [0.4, 0.5) is 5.82 Å². The van der Waals surface area contributed by atoms with Crippen LogP contribution in [0, 0.1) is 0 Å². The van der Waals surface area contributed by atoms with E-state index in [-0.39, 0.29) is 11.5 Å². The second-order valence-electron chi connectivity index (χ2n) is 6.41. The van der Waals surface area contributed by atoms with E-state index in [1.165, 1.54) is 11.8 Å². The summed E-state index contributed by atoms with van der Waals surface area (Å²) in [5.41, 5.74) is 1.49. The first kappa shape index (κ1) is 18.8. The van der Waals surface area contributed by atoms with Gasteiger partial charge in [0.15, 0.2) is 16.2 Å². The number of para-hydroxylation sites is 1. The topological polar surface area (TPSA) is 81.1 Å². The maximum Gasteiger partial charge on any atom is 0.248 e. The minimum Gasteiger partial charge on any atom is -0.290 e. The zero-order chi connectivity index (χ0) is 19.7. The van der Waals surface area contributed by atoms with Crippen LogP contribution in [-0.4, -0.2) is 29.5 Å². The molecule has 1 aliphatic heterocycles. The molecular weight excluding hydrogens is 394 g/mol. The van der Waals surface area contributed by atoms with Crippen LogP contribution >= 0.6 is 11.8 Å². The van der Waals surface area contributed by atoms with Gasteiger partial charge in [-0.15, -0.1) is 0 Å². The molecule has 0 amide bonds. The van der Waals surface area contributed by atoms with Crippen molar-refractivity contribution < 1.29 is 13.2 Å². The Kier molecular flexibility index (Phi) is 4.99. The first-order chi connectivity index (χ1) is 13.5. The van der Waals surface area contributed by atoms with Crippen LogP contribution in [-0.2, 0) is 10.0 Å². The number of imidazole rings is 1. The molecule has 0 fully saturated rings. The number of Topliss-reactive ketones (excluding diaryl/α,β-unsaturated/α-hetero) is 1. The van der Waals surface area contributed by atoms with Crippen molar-refractivity contribution in [1.82, 2.24) is 9.55 Å². The monoisotopic (exact) mass is 413 g/mol. The number of aromatic nitrogens is 2. The lowest BCUT2D eigenvalue weighted by Crippen LogP contribution is -2.34. The molecule has 28 heavy (non-hydrogen) atoms. The number of carbonyl (C=O) groups is 1. The SMILES string of the molecule is CCCSc1nc2c(n1-c1ccccc1)C(=O)C(c1ccccc1)S(=O)(=O)N2. The number of nitrogens with one attached hydrogen (secondary N) is 1. The van der Waals surface area contributed by atoms with Gasteiger partial charge in [-0.25, -0.2) is 13.4 Å². The minimum absolute atomic E-state index is 0.0969. The number of ketones is 1. The van der Waals surface area contributed by atoms with Gasteiger partial charge in [0.2, 0.25) is 15.8 Å². The summed E-state index contributed by atoms with van der Waals surface area (Å²) in [6.07, 6.45) is 0.934. The van der Waals surface area contributed by atoms with Crippen LogP contribution in [0.15, 0.2) is 65.8 Å². The predicted molar refractivity (Wildman–Crippen MR) is 111 cm³/mol. The highest BCUT2D eigenvalue weighted by atomic mass is 32.2. The quantitative estimate of drug-likeness (QED) is 0.638. The summed E-state index contributed by atoms with van der Waals surface area (Å²) in [6, 6.07) is 18.0. The molecule has 0 bridgehead atoms. The van der Waals surface area contributed by atoms with E-state index in [4.69, 9.17) is 0 Å². The molecule has 0 saturated heterocycles. The van der Waals surface area contributed by atoms with Crippen molar-refractivity contribution in [3.05, 3.63) is 71.9 Å². The molecule has 1 N–H and O–H groups in total. The molecule has 6 nitrogen and oxygen atoms in total. The van der Waals surface area contributed by atoms with Crippen molar-refractivity contribution >= 4 is 33.4 Å². The molecule has 1 aromatic heterocycles. The van der Waals surface area contributed by atoms with Gasteiger partial charge in [-0.1, -0.05) is 67.2 Å². The lowest BCUT2D eigenvalue weighted by Gasteiger charge is -2.23. The van der Waals surface area contributed by atoms with Gasteiger partial charge < -0.3 is 0 Å². The first-order valence-corrected chi connectivity index (χ1v) is 11.5. The number of benzene rings is 2. The standard InChI is InChI=1S/C20H19N3O3S2/c1-2-13-27-20-21-19-16(23(20)15-11-7-4-8-12-15)17(24)18(28(25,26)22-19)14-9-5-3-6-10-14/h3-12,18,22H,2,13H2,1H3. The van der Waals surface area contributed by atoms with Crippen molar-refractivity contribution in [3.8, 4) is 5.69 Å². The molecule has 0 saturated carbocycles. The Labute approximate surface area is 168 Å². The fraction of sp³-hybridized carbons (Fsp3) is 0.200. The number of rotatable bonds is 5. The highest BCUT2D eigenvalue weighted by Gasteiger charge is 2.44. The fourth-order valence-electron chi connectivity index (χ4n) is 3.22. The zero-order valence-electron chi connectivity index (χ0n) is 15.2. The van der Waals surface area contributed by atoms with Crippen molar-refractivity contribution in [2.45, 2.75) is 23.8 Å². The second-order valence-corrected chi connectivity index (χ2v) is 9.24. The average Bonchev–Trinajstić information content (AvgIpc) is 3.05. The number of fused-ring (bicyclic) bond motifs is 1. The summed E-state index contributed by atoms with van der Waals surface area (Å²) in [4.78, 5) is 17.9. The van der Waals surface area contributed by atoms with Crippen LogP contribution in [0.3, 0.4) is 0 Å². The third kappa shape index (κ3) is 3.22. The van der Waals surface area contributed by atoms with Crippen molar-refractivity contribution in [1.29, 1.82) is 0 Å². The summed E-state index contributed by atoms with van der Waals surface area (Å²) in [6.45, 7) is 2.06. The number of hydrogen-bond donors (Lipinski definition) is 1. The maximum atomic E-state index is 13.4. The molecule has 1 aliphatic rings. The van der Waals surface area contributed by atoms with Crippen LogP contribution in [0.5, 0.6) is 0 Å². The minimum atomic E-state index is -3.93. The molecule has 0 radical (unpaired) electrons. The van der Waals surface area contributed by atoms with Gasteiger partial charge in [0, 0.05) is 11.4 Å². The Balaban J connectivity index is 1.92. The maximum absolute atomic E-state index is 13.4. The molecule has 0 aliphatic carbocycles. The molecule has 1 atom stereocenters. The molecule has 0 spiro atoms. The van der Waals surface area contributed by atoms with E-state index in [0.29, 0.717) is 10.7 Å². The average molecular weight is 414 g/mol. The van der Waals surface area contributed by atoms with E-state index >= 15 is 0 Å². The largest absolute Gasteiger partial charge is 0.290 e. The lowest BCUT2D eigenvalue weighted by molar-refractivity contribution is 0.0979. The number of nitrogens with zero attached hydrogens (tertiary/aromatic N) is 2. The number of thioether (sulfide) groups is 1. The zero-order valence-corrected chi connectivity index (χ0v) is 16.8. The predicted octanol–water partition coefficient (Wildman–Crippen LogP) is 4.05. The van der Waals surface area contributed by atoms with Gasteiger partial charge in [0.25, 0.3) is 0 Å². The Bertz CT molecular complexity index is 1110. The Morgan fingerprint density at radius 1 is 1.07 bits per heavy atom. The summed E-state index contributed by atoms with van der Waals surface area (Å²) < 4.78 is 30.0. The van der Waals surface area contributed by atoms with Gasteiger partial charge in [0.05, 0.1) is 0 Å². The van der Waals surface area contributed by atoms with E-state index in [1.807, 2.05) is 30.3 Å². The fourth-order valence-corrected chi connectivity index (χ4v) is 5.53. The first-order valence-electron chi connectivity index (χ1n) is 8.94. The molecule has 2 heterocycles. The van der Waals surface area contributed by atoms with Crippen molar-refractivity contribution in [2.24, 2.45) is 0 Å². The number of anilines is 1. The molecule has 4 rings (SSSR count). The Morgan fingerprint density at radius 3 is 2.36 bits per heavy atom. The summed E-state index contributed by atoms with van der Waals surface area (Å²) in [5.74, 6) is 0.436. The lowest BCUT2D eigenvalue weighted by atomic mass is 10.1. The van der Waals surface area contributed by atoms with Gasteiger partial charge in [-0.2, -0.15) is 0 Å². The van der Waals surface area contributed by atoms with Crippen LogP contribution in [0.1, 0.15) is 34.6 Å². The second kappa shape index (κ2) is 7.44. The van der Waals surface area contributed by atoms with E-state index in [2.05, 4.69) is 16.6 Å². The molecule has 8 heteroatoms.